The normalized spacial score (nSPS) is 12.7. The van der Waals surface area contributed by atoms with E-state index >= 15 is 0 Å². The smallest absolute Gasteiger partial charge is 0.306 e. The first kappa shape index (κ1) is 59.6. The van der Waals surface area contributed by atoms with E-state index in [1.807, 2.05) is 0 Å². The topological polar surface area (TPSA) is 78.9 Å². The minimum Gasteiger partial charge on any atom is -0.462 e. The maximum absolute atomic E-state index is 12.7. The summed E-state index contributed by atoms with van der Waals surface area (Å²) in [5.74, 6) is -0.909. The highest BCUT2D eigenvalue weighted by Gasteiger charge is 2.19. The van der Waals surface area contributed by atoms with Crippen molar-refractivity contribution in [3.05, 3.63) is 85.1 Å². The van der Waals surface area contributed by atoms with Gasteiger partial charge in [0.15, 0.2) is 6.10 Å². The Labute approximate surface area is 388 Å². The van der Waals surface area contributed by atoms with Crippen molar-refractivity contribution in [3.63, 3.8) is 0 Å². The summed E-state index contributed by atoms with van der Waals surface area (Å²) in [6.45, 7) is 6.42. The molecule has 0 aromatic carbocycles. The number of hydrogen-bond acceptors (Lipinski definition) is 6. The molecule has 0 aromatic rings. The van der Waals surface area contributed by atoms with Crippen LogP contribution < -0.4 is 0 Å². The molecule has 0 aliphatic carbocycles. The number of rotatable bonds is 46. The molecule has 0 amide bonds. The van der Waals surface area contributed by atoms with Crippen molar-refractivity contribution in [2.24, 2.45) is 0 Å². The van der Waals surface area contributed by atoms with Gasteiger partial charge in [0, 0.05) is 19.3 Å². The lowest BCUT2D eigenvalue weighted by atomic mass is 10.1. The van der Waals surface area contributed by atoms with Crippen LogP contribution in [0.4, 0.5) is 0 Å². The van der Waals surface area contributed by atoms with Crippen LogP contribution in [-0.2, 0) is 28.6 Å². The lowest BCUT2D eigenvalue weighted by molar-refractivity contribution is -0.167. The van der Waals surface area contributed by atoms with Gasteiger partial charge in [0.05, 0.1) is 0 Å². The van der Waals surface area contributed by atoms with Crippen molar-refractivity contribution in [1.82, 2.24) is 0 Å². The number of esters is 3. The van der Waals surface area contributed by atoms with E-state index in [0.717, 1.165) is 116 Å². The summed E-state index contributed by atoms with van der Waals surface area (Å²) in [4.78, 5) is 37.7. The van der Waals surface area contributed by atoms with Crippen LogP contribution in [0, 0.1) is 0 Å². The van der Waals surface area contributed by atoms with Gasteiger partial charge < -0.3 is 14.2 Å². The van der Waals surface area contributed by atoms with Gasteiger partial charge in [-0.05, 0) is 89.9 Å². The summed E-state index contributed by atoms with van der Waals surface area (Å²) in [6, 6.07) is 0. The van der Waals surface area contributed by atoms with Gasteiger partial charge >= 0.3 is 17.9 Å². The lowest BCUT2D eigenvalue weighted by Gasteiger charge is -2.18. The first-order valence-corrected chi connectivity index (χ1v) is 26.1. The predicted molar refractivity (Wildman–Crippen MR) is 270 cm³/mol. The third-order valence-electron chi connectivity index (χ3n) is 10.9. The van der Waals surface area contributed by atoms with Crippen LogP contribution in [0.2, 0.25) is 0 Å². The molecule has 1 atom stereocenters. The zero-order chi connectivity index (χ0) is 45.8. The second-order valence-corrected chi connectivity index (χ2v) is 17.1. The van der Waals surface area contributed by atoms with E-state index in [9.17, 15) is 14.4 Å². The number of carbonyl (C=O) groups is 3. The molecular weight excluding hydrogens is 781 g/mol. The van der Waals surface area contributed by atoms with E-state index in [1.54, 1.807) is 0 Å². The first-order valence-electron chi connectivity index (χ1n) is 26.1. The molecule has 1 unspecified atom stereocenters. The van der Waals surface area contributed by atoms with Crippen LogP contribution in [0.3, 0.4) is 0 Å². The van der Waals surface area contributed by atoms with E-state index in [2.05, 4.69) is 106 Å². The van der Waals surface area contributed by atoms with Gasteiger partial charge in [-0.1, -0.05) is 215 Å². The minimum absolute atomic E-state index is 0.0818. The van der Waals surface area contributed by atoms with Crippen molar-refractivity contribution in [2.75, 3.05) is 13.2 Å². The molecule has 6 heteroatoms. The van der Waals surface area contributed by atoms with Crippen molar-refractivity contribution in [1.29, 1.82) is 0 Å². The van der Waals surface area contributed by atoms with Crippen molar-refractivity contribution in [3.8, 4) is 0 Å². The number of ether oxygens (including phenoxy) is 3. The Balaban J connectivity index is 4.16. The van der Waals surface area contributed by atoms with Gasteiger partial charge in [-0.3, -0.25) is 14.4 Å². The Morgan fingerprint density at radius 1 is 0.333 bits per heavy atom. The van der Waals surface area contributed by atoms with Crippen molar-refractivity contribution >= 4 is 17.9 Å². The molecule has 0 aliphatic rings. The number of allylic oxidation sites excluding steroid dienone is 14. The molecule has 0 rings (SSSR count). The number of hydrogen-bond donors (Lipinski definition) is 0. The van der Waals surface area contributed by atoms with Crippen LogP contribution in [0.25, 0.3) is 0 Å². The van der Waals surface area contributed by atoms with E-state index in [1.165, 1.54) is 83.5 Å². The van der Waals surface area contributed by atoms with E-state index in [-0.39, 0.29) is 31.1 Å². The Hall–Kier alpha value is -3.41. The Kier molecular flexibility index (Phi) is 48.5. The Bertz CT molecular complexity index is 1240. The van der Waals surface area contributed by atoms with Crippen molar-refractivity contribution in [2.45, 2.75) is 245 Å². The predicted octanol–water partition coefficient (Wildman–Crippen LogP) is 17.2. The highest BCUT2D eigenvalue weighted by atomic mass is 16.6. The molecule has 0 N–H and O–H groups in total. The quantitative estimate of drug-likeness (QED) is 0.0262. The highest BCUT2D eigenvalue weighted by molar-refractivity contribution is 5.71. The standard InChI is InChI=1S/C57H96O6/c1-4-7-10-13-16-18-20-21-22-23-24-25-26-27-28-29-30-31-32-33-34-35-37-38-41-44-47-50-56(59)62-53-54(52-61-55(58)49-46-43-40-15-12-9-6-3)63-57(60)51-48-45-42-39-36-19-17-14-11-8-5-2/h7,10,14,16-18,21-22,24-25,27-28,30-31,54H,4-6,8-9,11-13,15,19-20,23,26,29,32-53H2,1-3H3/b10-7-,17-14-,18-16-,22-21-,25-24-,28-27-,31-30-. The molecule has 6 nitrogen and oxygen atoms in total. The van der Waals surface area contributed by atoms with Gasteiger partial charge in [0.2, 0.25) is 0 Å². The molecule has 0 radical (unpaired) electrons. The molecule has 0 bridgehead atoms. The van der Waals surface area contributed by atoms with Crippen LogP contribution in [0.1, 0.15) is 239 Å². The van der Waals surface area contributed by atoms with Crippen LogP contribution in [0.15, 0.2) is 85.1 Å². The van der Waals surface area contributed by atoms with E-state index in [0.29, 0.717) is 19.3 Å². The van der Waals surface area contributed by atoms with Gasteiger partial charge in [0.1, 0.15) is 13.2 Å². The van der Waals surface area contributed by atoms with Gasteiger partial charge in [-0.25, -0.2) is 0 Å². The summed E-state index contributed by atoms with van der Waals surface area (Å²) < 4.78 is 16.7. The fourth-order valence-corrected chi connectivity index (χ4v) is 6.95. The fourth-order valence-electron chi connectivity index (χ4n) is 6.95. The molecule has 0 aromatic heterocycles. The maximum atomic E-state index is 12.7. The molecule has 0 aliphatic heterocycles. The summed E-state index contributed by atoms with van der Waals surface area (Å²) in [6.07, 6.45) is 65.9. The van der Waals surface area contributed by atoms with Gasteiger partial charge in [0.25, 0.3) is 0 Å². The summed E-state index contributed by atoms with van der Waals surface area (Å²) in [7, 11) is 0. The molecule has 0 saturated carbocycles. The molecule has 0 heterocycles. The van der Waals surface area contributed by atoms with Crippen LogP contribution in [0.5, 0.6) is 0 Å². The third-order valence-corrected chi connectivity index (χ3v) is 10.9. The molecule has 0 fully saturated rings. The van der Waals surface area contributed by atoms with Crippen molar-refractivity contribution < 1.29 is 28.6 Å². The minimum atomic E-state index is -0.779. The highest BCUT2D eigenvalue weighted by Crippen LogP contribution is 2.14. The summed E-state index contributed by atoms with van der Waals surface area (Å²) in [5, 5.41) is 0. The fraction of sp³-hybridized carbons (Fsp3) is 0.702. The second kappa shape index (κ2) is 51.2. The Morgan fingerprint density at radius 3 is 1.03 bits per heavy atom. The number of carbonyl (C=O) groups excluding carboxylic acids is 3. The van der Waals surface area contributed by atoms with E-state index < -0.39 is 6.10 Å². The maximum Gasteiger partial charge on any atom is 0.306 e. The van der Waals surface area contributed by atoms with E-state index in [4.69, 9.17) is 14.2 Å². The first-order chi connectivity index (χ1) is 31.0. The Morgan fingerprint density at radius 2 is 0.635 bits per heavy atom. The zero-order valence-electron chi connectivity index (χ0n) is 41.1. The zero-order valence-corrected chi connectivity index (χ0v) is 41.1. The van der Waals surface area contributed by atoms with Crippen LogP contribution in [-0.4, -0.2) is 37.2 Å². The monoisotopic (exact) mass is 877 g/mol. The molecule has 0 spiro atoms. The molecule has 63 heavy (non-hydrogen) atoms. The molecular formula is C57H96O6. The summed E-state index contributed by atoms with van der Waals surface area (Å²) in [5.41, 5.74) is 0. The lowest BCUT2D eigenvalue weighted by Crippen LogP contribution is -2.30. The van der Waals surface area contributed by atoms with Gasteiger partial charge in [-0.15, -0.1) is 0 Å². The number of unbranched alkanes of at least 4 members (excludes halogenated alkanes) is 21. The second-order valence-electron chi connectivity index (χ2n) is 17.1. The third kappa shape index (κ3) is 49.5. The molecule has 0 saturated heterocycles. The van der Waals surface area contributed by atoms with Crippen LogP contribution >= 0.6 is 0 Å². The largest absolute Gasteiger partial charge is 0.462 e. The average molecular weight is 877 g/mol. The average Bonchev–Trinajstić information content (AvgIpc) is 3.28. The SMILES string of the molecule is CC/C=C\C/C=C\C/C=C\C/C=C\C/C=C\C/C=C\CCCCCCCCCCC(=O)OCC(COC(=O)CCCCCCCCC)OC(=O)CCCCCCC/C=C\CCCC. The molecule has 360 valence electrons. The summed E-state index contributed by atoms with van der Waals surface area (Å²) >= 11 is 0. The van der Waals surface area contributed by atoms with Gasteiger partial charge in [-0.2, -0.15) is 0 Å².